The van der Waals surface area contributed by atoms with Crippen molar-refractivity contribution >= 4 is 10.8 Å². The zero-order chi connectivity index (χ0) is 34.7. The molecule has 8 heteroatoms. The van der Waals surface area contributed by atoms with Crippen molar-refractivity contribution < 1.29 is 26.7 Å². The first-order chi connectivity index (χ1) is 23.4. The third-order valence-electron chi connectivity index (χ3n) is 12.7. The summed E-state index contributed by atoms with van der Waals surface area (Å²) in [5.74, 6) is -0.249. The van der Waals surface area contributed by atoms with E-state index >= 15 is 4.39 Å². The number of unbranched alkanes of at least 4 members (excludes halogenated alkanes) is 1. The smallest absolute Gasteiger partial charge is 0.247 e. The van der Waals surface area contributed by atoms with Crippen molar-refractivity contribution in [3.05, 3.63) is 101 Å². The Morgan fingerprint density at radius 1 is 0.918 bits per heavy atom. The number of nitrogens with zero attached hydrogens (tertiary/aromatic N) is 4. The summed E-state index contributed by atoms with van der Waals surface area (Å²) in [6.07, 6.45) is 4.78. The van der Waals surface area contributed by atoms with Crippen LogP contribution in [0.1, 0.15) is 108 Å². The average Bonchev–Trinajstić information content (AvgIpc) is 3.56. The lowest BCUT2D eigenvalue weighted by Crippen LogP contribution is -2.73. The molecule has 254 valence electrons. The van der Waals surface area contributed by atoms with E-state index in [0.29, 0.717) is 29.9 Å². The van der Waals surface area contributed by atoms with E-state index in [9.17, 15) is 13.2 Å². The third-order valence-corrected chi connectivity index (χ3v) is 12.7. The molecule has 4 nitrogen and oxygen atoms in total. The molecule has 0 saturated carbocycles. The minimum absolute atomic E-state index is 0.249. The van der Waals surface area contributed by atoms with Crippen LogP contribution in [0.25, 0.3) is 33.4 Å². The van der Waals surface area contributed by atoms with Crippen LogP contribution in [-0.4, -0.2) is 9.78 Å². The Kier molecular flexibility index (Phi) is 7.03. The molecule has 0 spiro atoms. The van der Waals surface area contributed by atoms with Gasteiger partial charge in [-0.2, -0.15) is 27.4 Å². The van der Waals surface area contributed by atoms with E-state index in [1.165, 1.54) is 22.4 Å². The Bertz CT molecular complexity index is 2160. The van der Waals surface area contributed by atoms with Crippen LogP contribution in [0, 0.1) is 5.82 Å². The number of aryl methyl sites for hydroxylation is 1. The number of rotatable bonds is 7. The fourth-order valence-corrected chi connectivity index (χ4v) is 10.5. The summed E-state index contributed by atoms with van der Waals surface area (Å²) in [4.78, 5) is 0. The first-order valence-corrected chi connectivity index (χ1v) is 17.9. The number of halogens is 4. The lowest BCUT2D eigenvalue weighted by atomic mass is 9.52. The number of benzene rings is 2. The van der Waals surface area contributed by atoms with Crippen molar-refractivity contribution in [3.63, 3.8) is 0 Å². The van der Waals surface area contributed by atoms with Crippen molar-refractivity contribution in [2.75, 3.05) is 0 Å². The quantitative estimate of drug-likeness (QED) is 0.125. The molecule has 0 saturated heterocycles. The van der Waals surface area contributed by atoms with Gasteiger partial charge < -0.3 is 0 Å². The van der Waals surface area contributed by atoms with Gasteiger partial charge >= 0.3 is 6.18 Å². The minimum Gasteiger partial charge on any atom is -0.247 e. The molecule has 2 aromatic carbocycles. The topological polar surface area (TPSA) is 25.6 Å². The van der Waals surface area contributed by atoms with Gasteiger partial charge in [-0.15, -0.1) is 0 Å². The second-order valence-electron chi connectivity index (χ2n) is 14.8. The number of hydrogen-bond acceptors (Lipinski definition) is 1. The predicted octanol–water partition coefficient (Wildman–Crippen LogP) is 9.52. The molecule has 0 radical (unpaired) electrons. The van der Waals surface area contributed by atoms with Gasteiger partial charge in [-0.25, -0.2) is 9.07 Å². The van der Waals surface area contributed by atoms with E-state index in [2.05, 4.69) is 80.2 Å². The van der Waals surface area contributed by atoms with Crippen LogP contribution in [0.3, 0.4) is 0 Å². The highest BCUT2D eigenvalue weighted by atomic mass is 19.4. The first-order valence-electron chi connectivity index (χ1n) is 17.9. The minimum atomic E-state index is -4.60. The molecule has 1 aliphatic carbocycles. The number of hydrogen-bond donors (Lipinski definition) is 0. The van der Waals surface area contributed by atoms with E-state index in [-0.39, 0.29) is 5.82 Å². The summed E-state index contributed by atoms with van der Waals surface area (Å²) in [7, 11) is 0. The Hall–Kier alpha value is -4.07. The summed E-state index contributed by atoms with van der Waals surface area (Å²) < 4.78 is 66.1. The number of fused-ring (bicyclic) bond motifs is 3. The fraction of sp³-hybridized carbons (Fsp3) is 0.439. The highest BCUT2D eigenvalue weighted by Gasteiger charge is 2.68. The van der Waals surface area contributed by atoms with Gasteiger partial charge in [0.25, 0.3) is 0 Å². The van der Waals surface area contributed by atoms with Gasteiger partial charge in [0.05, 0.1) is 16.4 Å². The summed E-state index contributed by atoms with van der Waals surface area (Å²) in [6.45, 7) is 13.4. The van der Waals surface area contributed by atoms with E-state index in [1.54, 1.807) is 10.7 Å². The summed E-state index contributed by atoms with van der Waals surface area (Å²) >= 11 is 0. The molecule has 2 atom stereocenters. The van der Waals surface area contributed by atoms with Gasteiger partial charge in [0.2, 0.25) is 11.4 Å². The first kappa shape index (κ1) is 32.2. The lowest BCUT2D eigenvalue weighted by molar-refractivity contribution is -0.774. The summed E-state index contributed by atoms with van der Waals surface area (Å²) in [6, 6.07) is 16.6. The zero-order valence-electron chi connectivity index (χ0n) is 29.2. The van der Waals surface area contributed by atoms with E-state index in [4.69, 9.17) is 0 Å². The molecule has 0 N–H and O–H groups in total. The van der Waals surface area contributed by atoms with Gasteiger partial charge in [-0.05, 0) is 53.5 Å². The molecule has 49 heavy (non-hydrogen) atoms. The standard InChI is InChI=1S/C41H44F4N4/c1-7-11-14-25-16-17-27-34-26(25)20-22-48-37(34)35-28(18-19-29(42)36(35)38(27,5)6)40(10-4,39(48,8-2)9-3)33-24-47-21-13-12-15-30(47)31-23-32(41(43,44)45)46-49(31)33/h12-13,15-23,33H,7-11,14,24H2,1-6H3/q+2. The SMILES string of the molecule is CCCCc1ccc2c3c4[n+](ccc13)C(CC)(CC)C(CC)(C1C[n+]3ccccc3-c3cc(C(F)(F)F)nn31)c1ccc(F)c(c1-4)C2(C)C. The molecule has 0 fully saturated rings. The molecule has 8 rings (SSSR count). The molecule has 3 aliphatic rings. The van der Waals surface area contributed by atoms with Crippen molar-refractivity contribution in [2.24, 2.45) is 0 Å². The largest absolute Gasteiger partial charge is 0.435 e. The molecular weight excluding hydrogens is 624 g/mol. The van der Waals surface area contributed by atoms with Gasteiger partial charge in [-0.1, -0.05) is 66.2 Å². The molecule has 5 aromatic rings. The maximum Gasteiger partial charge on any atom is 0.435 e. The maximum atomic E-state index is 16.6. The highest BCUT2D eigenvalue weighted by Crippen LogP contribution is 2.62. The van der Waals surface area contributed by atoms with Crippen molar-refractivity contribution in [3.8, 4) is 22.6 Å². The Labute approximate surface area is 285 Å². The van der Waals surface area contributed by atoms with Gasteiger partial charge in [-0.3, -0.25) is 0 Å². The fourth-order valence-electron chi connectivity index (χ4n) is 10.5. The summed E-state index contributed by atoms with van der Waals surface area (Å²) in [5.41, 5.74) is 4.35. The number of aromatic nitrogens is 4. The molecular formula is C41H44F4N4+2. The highest BCUT2D eigenvalue weighted by molar-refractivity contribution is 6.03. The van der Waals surface area contributed by atoms with Gasteiger partial charge in [0.15, 0.2) is 30.2 Å². The zero-order valence-corrected chi connectivity index (χ0v) is 29.2. The molecule has 5 heterocycles. The Morgan fingerprint density at radius 3 is 2.37 bits per heavy atom. The van der Waals surface area contributed by atoms with Crippen LogP contribution < -0.4 is 9.13 Å². The van der Waals surface area contributed by atoms with E-state index in [1.807, 2.05) is 30.5 Å². The van der Waals surface area contributed by atoms with Crippen molar-refractivity contribution in [2.45, 2.75) is 115 Å². The molecule has 3 aromatic heterocycles. The van der Waals surface area contributed by atoms with Crippen molar-refractivity contribution in [1.82, 2.24) is 9.78 Å². The van der Waals surface area contributed by atoms with Crippen LogP contribution in [0.5, 0.6) is 0 Å². The van der Waals surface area contributed by atoms with Gasteiger partial charge in [0.1, 0.15) is 17.6 Å². The normalized spacial score (nSPS) is 21.1. The predicted molar refractivity (Wildman–Crippen MR) is 183 cm³/mol. The second-order valence-corrected chi connectivity index (χ2v) is 14.8. The molecule has 0 amide bonds. The van der Waals surface area contributed by atoms with Crippen LogP contribution in [0.2, 0.25) is 0 Å². The van der Waals surface area contributed by atoms with Gasteiger partial charge in [0, 0.05) is 48.1 Å². The molecule has 0 bridgehead atoms. The molecule has 2 unspecified atom stereocenters. The lowest BCUT2D eigenvalue weighted by Gasteiger charge is -2.54. The summed E-state index contributed by atoms with van der Waals surface area (Å²) in [5, 5.41) is 6.79. The van der Waals surface area contributed by atoms with E-state index in [0.717, 1.165) is 54.5 Å². The number of alkyl halides is 3. The maximum absolute atomic E-state index is 16.6. The van der Waals surface area contributed by atoms with E-state index < -0.39 is 34.3 Å². The van der Waals surface area contributed by atoms with Crippen molar-refractivity contribution in [1.29, 1.82) is 0 Å². The van der Waals surface area contributed by atoms with Crippen LogP contribution in [-0.2, 0) is 35.5 Å². The monoisotopic (exact) mass is 668 g/mol. The Balaban J connectivity index is 1.53. The van der Waals surface area contributed by atoms with Crippen LogP contribution >= 0.6 is 0 Å². The third kappa shape index (κ3) is 3.94. The van der Waals surface area contributed by atoms with Crippen LogP contribution in [0.15, 0.2) is 67.0 Å². The average molecular weight is 669 g/mol. The molecule has 2 aliphatic heterocycles. The number of pyridine rings is 2. The second kappa shape index (κ2) is 10.7. The van der Waals surface area contributed by atoms with Crippen LogP contribution in [0.4, 0.5) is 17.6 Å². The Morgan fingerprint density at radius 2 is 1.67 bits per heavy atom.